The maximum atomic E-state index is 2.51. The molecule has 0 unspecified atom stereocenters. The Hall–Kier alpha value is -9.50. The van der Waals surface area contributed by atoms with Crippen LogP contribution >= 0.6 is 0 Å². The van der Waals surface area contributed by atoms with E-state index >= 15 is 0 Å². The second kappa shape index (κ2) is 19.8. The molecule has 11 aromatic carbocycles. The second-order valence-corrected chi connectivity index (χ2v) is 19.5. The molecule has 11 aromatic rings. The van der Waals surface area contributed by atoms with E-state index in [0.29, 0.717) is 0 Å². The van der Waals surface area contributed by atoms with Crippen molar-refractivity contribution in [1.82, 2.24) is 0 Å². The number of rotatable bonds is 12. The highest BCUT2D eigenvalue weighted by molar-refractivity contribution is 5.95. The molecule has 0 bridgehead atoms. The summed E-state index contributed by atoms with van der Waals surface area (Å²) in [4.78, 5) is 4.77. The minimum atomic E-state index is -0.543. The largest absolute Gasteiger partial charge is 0.311 e. The fourth-order valence-electron chi connectivity index (χ4n) is 11.6. The van der Waals surface area contributed by atoms with Crippen LogP contribution < -0.4 is 9.80 Å². The fraction of sp³-hybridized carbons (Fsp3) is 0.0411. The predicted molar refractivity (Wildman–Crippen MR) is 316 cm³/mol. The normalized spacial score (nSPS) is 13.2. The lowest BCUT2D eigenvalue weighted by molar-refractivity contribution is 0.758. The predicted octanol–water partition coefficient (Wildman–Crippen LogP) is 19.7. The Labute approximate surface area is 441 Å². The van der Waals surface area contributed by atoms with Crippen LogP contribution in [0.15, 0.2) is 309 Å². The van der Waals surface area contributed by atoms with Crippen LogP contribution in [0, 0.1) is 0 Å². The molecular weight excluding hydrogens is 905 g/mol. The van der Waals surface area contributed by atoms with Crippen molar-refractivity contribution in [1.29, 1.82) is 0 Å². The van der Waals surface area contributed by atoms with E-state index in [4.69, 9.17) is 0 Å². The highest BCUT2D eigenvalue weighted by Gasteiger charge is 2.48. The maximum Gasteiger partial charge on any atom is 0.0710 e. The van der Waals surface area contributed by atoms with E-state index in [-0.39, 0.29) is 0 Å². The molecule has 0 amide bonds. The average molecular weight is 959 g/mol. The third-order valence-corrected chi connectivity index (χ3v) is 15.2. The summed E-state index contributed by atoms with van der Waals surface area (Å²) in [5.74, 6) is 0. The first-order valence-electron chi connectivity index (χ1n) is 26.1. The fourth-order valence-corrected chi connectivity index (χ4v) is 11.6. The van der Waals surface area contributed by atoms with Crippen molar-refractivity contribution in [2.75, 3.05) is 9.80 Å². The first-order chi connectivity index (χ1) is 37.2. The Balaban J connectivity index is 0.920. The summed E-state index contributed by atoms with van der Waals surface area (Å²) in [6, 6.07) is 106. The van der Waals surface area contributed by atoms with E-state index in [9.17, 15) is 0 Å². The molecule has 2 heteroatoms. The molecular formula is C73H54N2. The van der Waals surface area contributed by atoms with E-state index in [0.717, 1.165) is 47.0 Å². The topological polar surface area (TPSA) is 6.48 Å². The molecule has 75 heavy (non-hydrogen) atoms. The van der Waals surface area contributed by atoms with Gasteiger partial charge >= 0.3 is 0 Å². The summed E-state index contributed by atoms with van der Waals surface area (Å²) < 4.78 is 0. The van der Waals surface area contributed by atoms with Gasteiger partial charge in [-0.2, -0.15) is 0 Å². The molecule has 356 valence electrons. The summed E-state index contributed by atoms with van der Waals surface area (Å²) in [6.07, 6.45) is 7.02. The second-order valence-electron chi connectivity index (χ2n) is 19.5. The Bertz CT molecular complexity index is 3410. The molecule has 2 aliphatic carbocycles. The molecule has 0 N–H and O–H groups in total. The molecule has 0 aliphatic heterocycles. The van der Waals surface area contributed by atoms with Gasteiger partial charge in [-0.25, -0.2) is 0 Å². The standard InChI is InChI=1S/C73H54N2/c1-5-17-53(18-6-1)57-29-41-63(42-30-57)74(64-43-31-58(32-44-64)54-19-7-2-8-20-54)67-49-37-61(38-50-67)73(71-27-15-13-25-69(71)70-26-14-16-28-72(70)73)62-39-51-68(52-40-62)75(65-45-33-59(34-46-65)55-21-9-3-10-22-55)66-47-35-60(36-48-66)56-23-11-4-12-24-56/h1-13,15,17-52H,14,16H2. The van der Waals surface area contributed by atoms with E-state index in [1.807, 2.05) is 0 Å². The van der Waals surface area contributed by atoms with Gasteiger partial charge in [0.15, 0.2) is 0 Å². The van der Waals surface area contributed by atoms with Crippen molar-refractivity contribution in [3.63, 3.8) is 0 Å². The number of hydrogen-bond donors (Lipinski definition) is 0. The van der Waals surface area contributed by atoms with Crippen molar-refractivity contribution in [3.8, 4) is 44.5 Å². The van der Waals surface area contributed by atoms with Gasteiger partial charge in [0.1, 0.15) is 0 Å². The maximum absolute atomic E-state index is 2.51. The molecule has 0 spiro atoms. The molecule has 0 fully saturated rings. The van der Waals surface area contributed by atoms with Crippen LogP contribution in [0.3, 0.4) is 0 Å². The van der Waals surface area contributed by atoms with Crippen LogP contribution in [0.25, 0.3) is 50.1 Å². The Morgan fingerprint density at radius 1 is 0.240 bits per heavy atom. The summed E-state index contributed by atoms with van der Waals surface area (Å²) in [5.41, 5.74) is 23.4. The SMILES string of the molecule is C1=C2C(=CCC1)C(c1ccc(N(c3ccc(-c4ccccc4)cc3)c3ccc(-c4ccccc4)cc3)cc1)(c1ccc(N(c3ccc(-c4ccccc4)cc3)c3ccc(-c4ccccc4)cc3)cc1)c1ccccc12. The molecule has 2 nitrogen and oxygen atoms in total. The minimum absolute atomic E-state index is 0.543. The first kappa shape index (κ1) is 45.4. The first-order valence-corrected chi connectivity index (χ1v) is 26.1. The summed E-state index contributed by atoms with van der Waals surface area (Å²) in [5, 5.41) is 0. The minimum Gasteiger partial charge on any atom is -0.311 e. The van der Waals surface area contributed by atoms with Gasteiger partial charge in [0.05, 0.1) is 5.41 Å². The van der Waals surface area contributed by atoms with Gasteiger partial charge < -0.3 is 9.80 Å². The number of anilines is 6. The number of nitrogens with zero attached hydrogens (tertiary/aromatic N) is 2. The average Bonchev–Trinajstić information content (AvgIpc) is 3.92. The van der Waals surface area contributed by atoms with Crippen LogP contribution in [0.5, 0.6) is 0 Å². The lowest BCUT2D eigenvalue weighted by Crippen LogP contribution is -2.29. The van der Waals surface area contributed by atoms with E-state index in [1.165, 1.54) is 77.9 Å². The number of fused-ring (bicyclic) bond motifs is 3. The molecule has 0 aromatic heterocycles. The quantitative estimate of drug-likeness (QED) is 0.120. The van der Waals surface area contributed by atoms with Crippen LogP contribution in [-0.2, 0) is 5.41 Å². The Kier molecular flexibility index (Phi) is 12.0. The van der Waals surface area contributed by atoms with E-state index in [2.05, 4.69) is 313 Å². The van der Waals surface area contributed by atoms with Crippen LogP contribution in [0.2, 0.25) is 0 Å². The number of benzene rings is 11. The zero-order valence-electron chi connectivity index (χ0n) is 41.7. The lowest BCUT2D eigenvalue weighted by atomic mass is 9.66. The molecule has 0 saturated heterocycles. The van der Waals surface area contributed by atoms with Crippen molar-refractivity contribution in [2.45, 2.75) is 18.3 Å². The van der Waals surface area contributed by atoms with Crippen molar-refractivity contribution < 1.29 is 0 Å². The van der Waals surface area contributed by atoms with Gasteiger partial charge in [-0.3, -0.25) is 0 Å². The summed E-state index contributed by atoms with van der Waals surface area (Å²) in [7, 11) is 0. The highest BCUT2D eigenvalue weighted by Crippen LogP contribution is 2.59. The van der Waals surface area contributed by atoms with Crippen molar-refractivity contribution >= 4 is 39.7 Å². The Morgan fingerprint density at radius 2 is 0.507 bits per heavy atom. The molecule has 0 radical (unpaired) electrons. The van der Waals surface area contributed by atoms with Crippen LogP contribution in [0.1, 0.15) is 35.1 Å². The third kappa shape index (κ3) is 8.47. The summed E-state index contributed by atoms with van der Waals surface area (Å²) >= 11 is 0. The van der Waals surface area contributed by atoms with Gasteiger partial charge in [0.25, 0.3) is 0 Å². The lowest BCUT2D eigenvalue weighted by Gasteiger charge is -2.36. The molecule has 2 aliphatic rings. The van der Waals surface area contributed by atoms with E-state index in [1.54, 1.807) is 0 Å². The molecule has 0 atom stereocenters. The van der Waals surface area contributed by atoms with Crippen LogP contribution in [-0.4, -0.2) is 0 Å². The monoisotopic (exact) mass is 958 g/mol. The molecule has 0 heterocycles. The zero-order valence-corrected chi connectivity index (χ0v) is 41.7. The highest BCUT2D eigenvalue weighted by atomic mass is 15.1. The van der Waals surface area contributed by atoms with Crippen LogP contribution in [0.4, 0.5) is 34.1 Å². The Morgan fingerprint density at radius 3 is 0.840 bits per heavy atom. The van der Waals surface area contributed by atoms with Crippen molar-refractivity contribution in [2.24, 2.45) is 0 Å². The molecule has 0 saturated carbocycles. The third-order valence-electron chi connectivity index (χ3n) is 15.2. The van der Waals surface area contributed by atoms with Gasteiger partial charge in [0.2, 0.25) is 0 Å². The van der Waals surface area contributed by atoms with Gasteiger partial charge in [-0.1, -0.05) is 231 Å². The molecule has 13 rings (SSSR count). The zero-order chi connectivity index (χ0) is 50.0. The number of allylic oxidation sites excluding steroid dienone is 4. The smallest absolute Gasteiger partial charge is 0.0710 e. The van der Waals surface area contributed by atoms with Gasteiger partial charge in [-0.05, 0) is 164 Å². The summed E-state index contributed by atoms with van der Waals surface area (Å²) in [6.45, 7) is 0. The van der Waals surface area contributed by atoms with Crippen molar-refractivity contribution in [3.05, 3.63) is 331 Å². The van der Waals surface area contributed by atoms with Gasteiger partial charge in [-0.15, -0.1) is 0 Å². The number of hydrogen-bond acceptors (Lipinski definition) is 2. The van der Waals surface area contributed by atoms with E-state index < -0.39 is 5.41 Å². The van der Waals surface area contributed by atoms with Gasteiger partial charge in [0, 0.05) is 34.1 Å².